The van der Waals surface area contributed by atoms with Crippen molar-refractivity contribution in [2.45, 2.75) is 6.92 Å². The summed E-state index contributed by atoms with van der Waals surface area (Å²) in [6.45, 7) is 2.10. The Morgan fingerprint density at radius 2 is 2.19 bits per heavy atom. The van der Waals surface area contributed by atoms with Crippen molar-refractivity contribution in [2.24, 2.45) is 7.05 Å². The Bertz CT molecular complexity index is 822. The maximum atomic E-state index is 12.3. The van der Waals surface area contributed by atoms with Crippen molar-refractivity contribution >= 4 is 32.9 Å². The molecule has 0 atom stereocenters. The molecule has 0 saturated carbocycles. The summed E-state index contributed by atoms with van der Waals surface area (Å²) >= 11 is 3.33. The van der Waals surface area contributed by atoms with E-state index in [1.807, 2.05) is 19.3 Å². The number of halogens is 1. The smallest absolute Gasteiger partial charge is 0.418 e. The molecule has 3 heterocycles. The summed E-state index contributed by atoms with van der Waals surface area (Å²) < 4.78 is 9.06. The molecule has 0 bridgehead atoms. The minimum Gasteiger partial charge on any atom is -0.449 e. The molecule has 0 spiro atoms. The zero-order valence-electron chi connectivity index (χ0n) is 11.6. The minimum absolute atomic E-state index is 0.317. The second-order valence-corrected chi connectivity index (χ2v) is 5.34. The third kappa shape index (κ3) is 2.44. The molecule has 0 amide bonds. The summed E-state index contributed by atoms with van der Waals surface area (Å²) in [7, 11) is 1.83. The van der Waals surface area contributed by atoms with Gasteiger partial charge >= 0.3 is 6.09 Å². The fourth-order valence-corrected chi connectivity index (χ4v) is 2.55. The first-order valence-electron chi connectivity index (χ1n) is 6.43. The highest BCUT2D eigenvalue weighted by Crippen LogP contribution is 2.29. The van der Waals surface area contributed by atoms with Crippen LogP contribution in [0, 0.1) is 0 Å². The maximum Gasteiger partial charge on any atom is 0.418 e. The molecule has 3 aromatic rings. The number of aromatic nitrogens is 4. The lowest BCUT2D eigenvalue weighted by Gasteiger charge is -2.08. The molecule has 0 radical (unpaired) electrons. The van der Waals surface area contributed by atoms with Crippen LogP contribution in [0.4, 0.5) is 4.79 Å². The van der Waals surface area contributed by atoms with Gasteiger partial charge in [-0.05, 0) is 35.0 Å². The van der Waals surface area contributed by atoms with Gasteiger partial charge in [0.25, 0.3) is 0 Å². The Labute approximate surface area is 129 Å². The predicted molar refractivity (Wildman–Crippen MR) is 82.1 cm³/mol. The van der Waals surface area contributed by atoms with Crippen molar-refractivity contribution < 1.29 is 9.53 Å². The summed E-state index contributed by atoms with van der Waals surface area (Å²) in [6.07, 6.45) is 4.87. The van der Waals surface area contributed by atoms with Gasteiger partial charge < -0.3 is 4.74 Å². The summed E-state index contributed by atoms with van der Waals surface area (Å²) in [4.78, 5) is 16.5. The third-order valence-corrected chi connectivity index (χ3v) is 3.54. The van der Waals surface area contributed by atoms with Crippen LogP contribution < -0.4 is 0 Å². The first-order valence-corrected chi connectivity index (χ1v) is 7.22. The van der Waals surface area contributed by atoms with Gasteiger partial charge in [0, 0.05) is 30.4 Å². The molecule has 6 nitrogen and oxygen atoms in total. The molecule has 0 unspecified atom stereocenters. The van der Waals surface area contributed by atoms with Crippen LogP contribution in [0.2, 0.25) is 0 Å². The number of ether oxygens (including phenoxy) is 1. The van der Waals surface area contributed by atoms with Gasteiger partial charge in [-0.3, -0.25) is 4.68 Å². The summed E-state index contributed by atoms with van der Waals surface area (Å²) in [5.41, 5.74) is 2.32. The van der Waals surface area contributed by atoms with Crippen molar-refractivity contribution in [2.75, 3.05) is 6.61 Å². The Balaban J connectivity index is 2.27. The molecule has 108 valence electrons. The van der Waals surface area contributed by atoms with Crippen molar-refractivity contribution in [1.82, 2.24) is 19.3 Å². The van der Waals surface area contributed by atoms with Crippen LogP contribution in [-0.2, 0) is 11.8 Å². The van der Waals surface area contributed by atoms with Crippen molar-refractivity contribution in [3.63, 3.8) is 0 Å². The van der Waals surface area contributed by atoms with Crippen LogP contribution in [0.3, 0.4) is 0 Å². The van der Waals surface area contributed by atoms with E-state index in [2.05, 4.69) is 26.0 Å². The molecule has 3 rings (SSSR count). The summed E-state index contributed by atoms with van der Waals surface area (Å²) in [5.74, 6) is 0. The van der Waals surface area contributed by atoms with Gasteiger partial charge in [0.2, 0.25) is 0 Å². The lowest BCUT2D eigenvalue weighted by molar-refractivity contribution is 0.155. The van der Waals surface area contributed by atoms with E-state index in [4.69, 9.17) is 4.74 Å². The number of pyridine rings is 1. The molecule has 0 aliphatic rings. The van der Waals surface area contributed by atoms with E-state index >= 15 is 0 Å². The topological polar surface area (TPSA) is 61.9 Å². The number of nitrogens with zero attached hydrogens (tertiary/aromatic N) is 4. The second kappa shape index (κ2) is 5.33. The zero-order valence-corrected chi connectivity index (χ0v) is 13.2. The molecule has 0 fully saturated rings. The van der Waals surface area contributed by atoms with E-state index in [0.717, 1.165) is 22.2 Å². The van der Waals surface area contributed by atoms with Crippen LogP contribution in [-0.4, -0.2) is 32.0 Å². The average Bonchev–Trinajstić information content (AvgIpc) is 3.02. The fourth-order valence-electron chi connectivity index (χ4n) is 2.23. The Morgan fingerprint density at radius 3 is 2.86 bits per heavy atom. The monoisotopic (exact) mass is 348 g/mol. The van der Waals surface area contributed by atoms with Gasteiger partial charge in [-0.15, -0.1) is 0 Å². The van der Waals surface area contributed by atoms with Gasteiger partial charge in [-0.1, -0.05) is 0 Å². The molecule has 0 aliphatic heterocycles. The lowest BCUT2D eigenvalue weighted by Crippen LogP contribution is -2.14. The molecule has 0 saturated heterocycles. The molecule has 0 aliphatic carbocycles. The first-order chi connectivity index (χ1) is 10.1. The van der Waals surface area contributed by atoms with Crippen LogP contribution in [0.15, 0.2) is 35.3 Å². The van der Waals surface area contributed by atoms with Gasteiger partial charge in [-0.2, -0.15) is 5.10 Å². The largest absolute Gasteiger partial charge is 0.449 e. The Morgan fingerprint density at radius 1 is 1.38 bits per heavy atom. The molecule has 21 heavy (non-hydrogen) atoms. The van der Waals surface area contributed by atoms with Gasteiger partial charge in [0.05, 0.1) is 24.0 Å². The van der Waals surface area contributed by atoms with Crippen LogP contribution in [0.25, 0.3) is 22.2 Å². The van der Waals surface area contributed by atoms with Gasteiger partial charge in [-0.25, -0.2) is 14.3 Å². The minimum atomic E-state index is -0.413. The van der Waals surface area contributed by atoms with Crippen LogP contribution >= 0.6 is 15.9 Å². The van der Waals surface area contributed by atoms with Crippen LogP contribution in [0.1, 0.15) is 6.92 Å². The molecule has 7 heteroatoms. The molecule has 0 aromatic carbocycles. The Kier molecular flexibility index (Phi) is 3.50. The van der Waals surface area contributed by atoms with E-state index in [1.54, 1.807) is 34.6 Å². The highest BCUT2D eigenvalue weighted by Gasteiger charge is 2.18. The number of hydrogen-bond donors (Lipinski definition) is 0. The number of carbonyl (C=O) groups excluding carboxylic acids is 1. The Hall–Kier alpha value is -2.15. The van der Waals surface area contributed by atoms with Gasteiger partial charge in [0.15, 0.2) is 0 Å². The van der Waals surface area contributed by atoms with Crippen molar-refractivity contribution in [1.29, 1.82) is 0 Å². The summed E-state index contributed by atoms with van der Waals surface area (Å²) in [6, 6.07) is 3.70. The van der Waals surface area contributed by atoms with E-state index in [1.165, 1.54) is 0 Å². The average molecular weight is 349 g/mol. The van der Waals surface area contributed by atoms with Crippen LogP contribution in [0.5, 0.6) is 0 Å². The number of aryl methyl sites for hydroxylation is 1. The van der Waals surface area contributed by atoms with Crippen molar-refractivity contribution in [3.05, 3.63) is 35.3 Å². The van der Waals surface area contributed by atoms with Crippen molar-refractivity contribution in [3.8, 4) is 11.3 Å². The summed E-state index contributed by atoms with van der Waals surface area (Å²) in [5, 5.41) is 5.02. The highest BCUT2D eigenvalue weighted by molar-refractivity contribution is 9.10. The fraction of sp³-hybridized carbons (Fsp3) is 0.214. The quantitative estimate of drug-likeness (QED) is 0.667. The van der Waals surface area contributed by atoms with Gasteiger partial charge in [0.1, 0.15) is 4.60 Å². The van der Waals surface area contributed by atoms with E-state index in [0.29, 0.717) is 11.2 Å². The van der Waals surface area contributed by atoms with E-state index in [-0.39, 0.29) is 0 Å². The predicted octanol–water partition coefficient (Wildman–Crippen LogP) is 3.20. The highest BCUT2D eigenvalue weighted by atomic mass is 79.9. The molecule has 0 N–H and O–H groups in total. The number of carbonyl (C=O) groups is 1. The zero-order chi connectivity index (χ0) is 15.0. The second-order valence-electron chi connectivity index (χ2n) is 4.53. The number of fused-ring (bicyclic) bond motifs is 1. The maximum absolute atomic E-state index is 12.3. The third-order valence-electron chi connectivity index (χ3n) is 3.10. The van der Waals surface area contributed by atoms with E-state index < -0.39 is 6.09 Å². The standard InChI is InChI=1S/C14H13BrN4O2/c1-3-21-14(20)19-11(10-7-17-18(2)8-10)4-9-6-16-13(15)5-12(9)19/h4-8H,3H2,1-2H3. The molecular formula is C14H13BrN4O2. The first kappa shape index (κ1) is 13.8. The number of hydrogen-bond acceptors (Lipinski definition) is 4. The van der Waals surface area contributed by atoms with E-state index in [9.17, 15) is 4.79 Å². The lowest BCUT2D eigenvalue weighted by atomic mass is 10.2. The molecule has 3 aromatic heterocycles. The number of rotatable bonds is 2. The molecular weight excluding hydrogens is 336 g/mol. The SMILES string of the molecule is CCOC(=O)n1c(-c2cnn(C)c2)cc2cnc(Br)cc21. The normalized spacial score (nSPS) is 11.0.